The summed E-state index contributed by atoms with van der Waals surface area (Å²) < 4.78 is 31.0. The summed E-state index contributed by atoms with van der Waals surface area (Å²) in [5.74, 6) is 3.07. The summed E-state index contributed by atoms with van der Waals surface area (Å²) in [5.41, 5.74) is 1.33. The summed E-state index contributed by atoms with van der Waals surface area (Å²) in [6, 6.07) is 6.88. The van der Waals surface area contributed by atoms with Crippen molar-refractivity contribution in [1.29, 1.82) is 4.78 Å². The van der Waals surface area contributed by atoms with E-state index in [1.54, 1.807) is 0 Å². The predicted octanol–water partition coefficient (Wildman–Crippen LogP) is 3.34. The van der Waals surface area contributed by atoms with Crippen molar-refractivity contribution in [2.24, 2.45) is 5.92 Å². The smallest absolute Gasteiger partial charge is 0.225 e. The van der Waals surface area contributed by atoms with E-state index in [2.05, 4.69) is 38.0 Å². The third kappa shape index (κ3) is 4.54. The summed E-state index contributed by atoms with van der Waals surface area (Å²) >= 11 is 0. The molecule has 0 saturated carbocycles. The second-order valence-corrected chi connectivity index (χ2v) is 11.2. The summed E-state index contributed by atoms with van der Waals surface area (Å²) in [6.07, 6.45) is 9.10. The van der Waals surface area contributed by atoms with Gasteiger partial charge in [-0.2, -0.15) is 0 Å². The number of rotatable bonds is 5. The van der Waals surface area contributed by atoms with Crippen molar-refractivity contribution in [3.05, 3.63) is 36.2 Å². The van der Waals surface area contributed by atoms with Gasteiger partial charge in [-0.15, -0.1) is 0 Å². The SMILES string of the molecule is C[S@](=N)(=O)c1cnc(N2CCC(CN3CCC[C@@H]3c3ccc4c(c3)OCCO4)CC2)nc1. The Balaban J connectivity index is 1.18. The van der Waals surface area contributed by atoms with Crippen LogP contribution in [0.5, 0.6) is 11.5 Å². The second kappa shape index (κ2) is 8.86. The number of hydrogen-bond acceptors (Lipinski definition) is 8. The minimum Gasteiger partial charge on any atom is -0.486 e. The molecule has 5 rings (SSSR count). The van der Waals surface area contributed by atoms with Crippen LogP contribution in [0.25, 0.3) is 0 Å². The molecule has 1 aromatic heterocycles. The highest BCUT2D eigenvalue weighted by atomic mass is 32.2. The number of anilines is 1. The van der Waals surface area contributed by atoms with Crippen LogP contribution in [0.2, 0.25) is 0 Å². The molecule has 3 aliphatic heterocycles. The van der Waals surface area contributed by atoms with Crippen molar-refractivity contribution < 1.29 is 13.7 Å². The molecule has 1 aromatic carbocycles. The van der Waals surface area contributed by atoms with Crippen LogP contribution >= 0.6 is 0 Å². The average Bonchev–Trinajstić information content (AvgIpc) is 3.27. The van der Waals surface area contributed by atoms with Gasteiger partial charge < -0.3 is 14.4 Å². The molecule has 9 heteroatoms. The normalized spacial score (nSPS) is 23.8. The van der Waals surface area contributed by atoms with Gasteiger partial charge in [0.05, 0.1) is 14.6 Å². The fourth-order valence-electron chi connectivity index (χ4n) is 5.01. The number of aromatic nitrogens is 2. The van der Waals surface area contributed by atoms with Crippen LogP contribution in [0.3, 0.4) is 0 Å². The molecule has 0 spiro atoms. The number of likely N-dealkylation sites (tertiary alicyclic amines) is 1. The first-order chi connectivity index (χ1) is 15.5. The molecule has 0 bridgehead atoms. The van der Waals surface area contributed by atoms with Gasteiger partial charge in [0.15, 0.2) is 11.5 Å². The summed E-state index contributed by atoms with van der Waals surface area (Å²) in [7, 11) is -2.77. The fraction of sp³-hybridized carbons (Fsp3) is 0.565. The number of nitrogens with one attached hydrogen (secondary N) is 1. The summed E-state index contributed by atoms with van der Waals surface area (Å²) in [5, 5.41) is 0. The lowest BCUT2D eigenvalue weighted by molar-refractivity contribution is 0.169. The molecule has 172 valence electrons. The number of nitrogens with zero attached hydrogens (tertiary/aromatic N) is 4. The Morgan fingerprint density at radius 2 is 1.78 bits per heavy atom. The molecule has 1 N–H and O–H groups in total. The van der Waals surface area contributed by atoms with Gasteiger partial charge >= 0.3 is 0 Å². The van der Waals surface area contributed by atoms with Gasteiger partial charge in [0.25, 0.3) is 0 Å². The van der Waals surface area contributed by atoms with Crippen LogP contribution in [0, 0.1) is 10.7 Å². The van der Waals surface area contributed by atoms with E-state index in [-0.39, 0.29) is 0 Å². The van der Waals surface area contributed by atoms with Crippen molar-refractivity contribution in [2.45, 2.75) is 36.6 Å². The second-order valence-electron chi connectivity index (χ2n) is 9.05. The highest BCUT2D eigenvalue weighted by Crippen LogP contribution is 2.39. The van der Waals surface area contributed by atoms with E-state index in [9.17, 15) is 4.21 Å². The predicted molar refractivity (Wildman–Crippen MR) is 123 cm³/mol. The molecular formula is C23H31N5O3S. The molecule has 2 saturated heterocycles. The van der Waals surface area contributed by atoms with E-state index in [0.717, 1.165) is 50.5 Å². The van der Waals surface area contributed by atoms with Crippen molar-refractivity contribution >= 4 is 15.7 Å². The number of hydrogen-bond donors (Lipinski definition) is 1. The number of piperidine rings is 1. The van der Waals surface area contributed by atoms with Gasteiger partial charge in [0.1, 0.15) is 13.2 Å². The third-order valence-electron chi connectivity index (χ3n) is 6.77. The zero-order valence-corrected chi connectivity index (χ0v) is 19.4. The Labute approximate surface area is 189 Å². The van der Waals surface area contributed by atoms with Gasteiger partial charge in [-0.05, 0) is 55.8 Å². The van der Waals surface area contributed by atoms with Crippen LogP contribution in [-0.2, 0) is 9.73 Å². The first-order valence-electron chi connectivity index (χ1n) is 11.4. The number of fused-ring (bicyclic) bond motifs is 1. The Hall–Kier alpha value is -2.39. The quantitative estimate of drug-likeness (QED) is 0.736. The monoisotopic (exact) mass is 457 g/mol. The third-order valence-corrected chi connectivity index (χ3v) is 7.88. The van der Waals surface area contributed by atoms with Crippen molar-refractivity contribution in [1.82, 2.24) is 14.9 Å². The lowest BCUT2D eigenvalue weighted by Gasteiger charge is -2.35. The van der Waals surface area contributed by atoms with E-state index in [0.29, 0.717) is 36.0 Å². The van der Waals surface area contributed by atoms with Crippen LogP contribution in [0.15, 0.2) is 35.5 Å². The van der Waals surface area contributed by atoms with Gasteiger partial charge in [-0.3, -0.25) is 4.90 Å². The molecule has 2 fully saturated rings. The minimum atomic E-state index is -2.77. The Bertz CT molecular complexity index is 1050. The molecule has 0 unspecified atom stereocenters. The molecule has 0 aliphatic carbocycles. The highest BCUT2D eigenvalue weighted by molar-refractivity contribution is 7.91. The van der Waals surface area contributed by atoms with Crippen LogP contribution in [0.1, 0.15) is 37.3 Å². The lowest BCUT2D eigenvalue weighted by Crippen LogP contribution is -2.39. The lowest BCUT2D eigenvalue weighted by atomic mass is 9.95. The van der Waals surface area contributed by atoms with E-state index in [1.807, 2.05) is 0 Å². The maximum Gasteiger partial charge on any atom is 0.225 e. The van der Waals surface area contributed by atoms with E-state index < -0.39 is 9.73 Å². The topological polar surface area (TPSA) is 91.6 Å². The first-order valence-corrected chi connectivity index (χ1v) is 13.4. The molecule has 2 atom stereocenters. The van der Waals surface area contributed by atoms with Gasteiger partial charge in [0.2, 0.25) is 5.95 Å². The first kappa shape index (κ1) is 21.5. The zero-order chi connectivity index (χ0) is 22.1. The van der Waals surface area contributed by atoms with Crippen LogP contribution in [0.4, 0.5) is 5.95 Å². The molecule has 4 heterocycles. The summed E-state index contributed by atoms with van der Waals surface area (Å²) in [4.78, 5) is 14.0. The Kier molecular flexibility index (Phi) is 5.94. The van der Waals surface area contributed by atoms with Crippen molar-refractivity contribution in [2.75, 3.05) is 50.5 Å². The van der Waals surface area contributed by atoms with E-state index in [4.69, 9.17) is 14.3 Å². The number of benzene rings is 1. The van der Waals surface area contributed by atoms with Crippen molar-refractivity contribution in [3.8, 4) is 11.5 Å². The van der Waals surface area contributed by atoms with Crippen molar-refractivity contribution in [3.63, 3.8) is 0 Å². The largest absolute Gasteiger partial charge is 0.486 e. The maximum absolute atomic E-state index is 11.8. The number of ether oxygens (including phenoxy) is 2. The molecule has 8 nitrogen and oxygen atoms in total. The molecular weight excluding hydrogens is 426 g/mol. The van der Waals surface area contributed by atoms with Gasteiger partial charge in [-0.1, -0.05) is 6.07 Å². The zero-order valence-electron chi connectivity index (χ0n) is 18.5. The standard InChI is InChI=1S/C23H31N5O3S/c1-32(24,29)19-14-25-23(26-15-19)27-9-6-17(7-10-27)16-28-8-2-3-20(28)18-4-5-21-22(13-18)31-12-11-30-21/h4-5,13-15,17,20,24H,2-3,6-12,16H2,1H3/t20-,32+/m1/s1. The molecule has 2 aromatic rings. The molecule has 0 radical (unpaired) electrons. The van der Waals surface area contributed by atoms with E-state index >= 15 is 0 Å². The van der Waals surface area contributed by atoms with Gasteiger partial charge in [-0.25, -0.2) is 19.0 Å². The van der Waals surface area contributed by atoms with Crippen LogP contribution in [-0.4, -0.2) is 64.7 Å². The Morgan fingerprint density at radius 1 is 1.06 bits per heavy atom. The molecule has 0 amide bonds. The van der Waals surface area contributed by atoms with E-state index in [1.165, 1.54) is 37.1 Å². The van der Waals surface area contributed by atoms with Crippen LogP contribution < -0.4 is 14.4 Å². The van der Waals surface area contributed by atoms with Gasteiger partial charge in [0, 0.05) is 44.3 Å². The highest BCUT2D eigenvalue weighted by Gasteiger charge is 2.31. The molecule has 32 heavy (non-hydrogen) atoms. The minimum absolute atomic E-state index is 0.385. The Morgan fingerprint density at radius 3 is 2.50 bits per heavy atom. The average molecular weight is 458 g/mol. The summed E-state index contributed by atoms with van der Waals surface area (Å²) in [6.45, 7) is 5.36. The molecule has 3 aliphatic rings. The maximum atomic E-state index is 11.8. The fourth-order valence-corrected chi connectivity index (χ4v) is 5.52.